The van der Waals surface area contributed by atoms with Crippen molar-refractivity contribution in [3.05, 3.63) is 30.1 Å². The zero-order chi connectivity index (χ0) is 18.8. The molecule has 142 valence electrons. The highest BCUT2D eigenvalue weighted by atomic mass is 16.5. The van der Waals surface area contributed by atoms with Gasteiger partial charge in [-0.25, -0.2) is 9.97 Å². The van der Waals surface area contributed by atoms with E-state index < -0.39 is 0 Å². The predicted octanol–water partition coefficient (Wildman–Crippen LogP) is 3.33. The molecule has 0 bridgehead atoms. The van der Waals surface area contributed by atoms with Crippen LogP contribution in [0, 0.1) is 11.3 Å². The smallest absolute Gasteiger partial charge is 0.137 e. The fraction of sp³-hybridized carbons (Fsp3) is 0.571. The van der Waals surface area contributed by atoms with Crippen molar-refractivity contribution in [3.63, 3.8) is 0 Å². The molecule has 1 saturated heterocycles. The van der Waals surface area contributed by atoms with E-state index in [1.807, 2.05) is 12.1 Å². The van der Waals surface area contributed by atoms with E-state index in [0.29, 0.717) is 29.8 Å². The van der Waals surface area contributed by atoms with Crippen LogP contribution in [0.5, 0.6) is 0 Å². The van der Waals surface area contributed by atoms with E-state index in [1.165, 1.54) is 12.8 Å². The topological polar surface area (TPSA) is 74.1 Å². The first-order valence-electron chi connectivity index (χ1n) is 9.94. The molecule has 0 radical (unpaired) electrons. The van der Waals surface area contributed by atoms with Crippen LogP contribution in [0.2, 0.25) is 0 Å². The molecule has 1 aliphatic carbocycles. The van der Waals surface area contributed by atoms with Gasteiger partial charge in [-0.3, -0.25) is 4.90 Å². The molecule has 0 amide bonds. The molecule has 4 rings (SSSR count). The van der Waals surface area contributed by atoms with E-state index in [4.69, 9.17) is 4.74 Å². The summed E-state index contributed by atoms with van der Waals surface area (Å²) in [6.45, 7) is 6.35. The summed E-state index contributed by atoms with van der Waals surface area (Å²) < 4.78 is 5.78. The van der Waals surface area contributed by atoms with Gasteiger partial charge in [-0.1, -0.05) is 0 Å². The van der Waals surface area contributed by atoms with Crippen LogP contribution in [0.25, 0.3) is 10.9 Å². The maximum atomic E-state index is 9.18. The van der Waals surface area contributed by atoms with E-state index in [-0.39, 0.29) is 0 Å². The Morgan fingerprint density at radius 3 is 2.78 bits per heavy atom. The number of nitrogens with zero attached hydrogens (tertiary/aromatic N) is 4. The second kappa shape index (κ2) is 7.79. The zero-order valence-electron chi connectivity index (χ0n) is 16.1. The van der Waals surface area contributed by atoms with Crippen LogP contribution in [0.3, 0.4) is 0 Å². The quantitative estimate of drug-likeness (QED) is 0.899. The number of hydrogen-bond acceptors (Lipinski definition) is 6. The lowest BCUT2D eigenvalue weighted by atomic mass is 9.88. The Morgan fingerprint density at radius 2 is 2.00 bits per heavy atom. The van der Waals surface area contributed by atoms with Gasteiger partial charge in [0.1, 0.15) is 12.1 Å². The van der Waals surface area contributed by atoms with Gasteiger partial charge >= 0.3 is 0 Å². The summed E-state index contributed by atoms with van der Waals surface area (Å²) in [5, 5.41) is 13.7. The van der Waals surface area contributed by atoms with E-state index in [0.717, 1.165) is 42.7 Å². The Hall–Kier alpha value is -2.23. The number of aromatic nitrogens is 2. The third kappa shape index (κ3) is 3.76. The first-order chi connectivity index (χ1) is 13.2. The number of morpholine rings is 1. The average molecular weight is 365 g/mol. The molecule has 1 aliphatic heterocycles. The summed E-state index contributed by atoms with van der Waals surface area (Å²) in [6, 6.07) is 9.32. The van der Waals surface area contributed by atoms with E-state index >= 15 is 0 Å². The lowest BCUT2D eigenvalue weighted by Crippen LogP contribution is -2.54. The number of hydrogen-bond donors (Lipinski definition) is 1. The van der Waals surface area contributed by atoms with Crippen molar-refractivity contribution >= 4 is 16.7 Å². The molecule has 1 saturated carbocycles. The summed E-state index contributed by atoms with van der Waals surface area (Å²) in [5.41, 5.74) is 1.51. The molecule has 0 spiro atoms. The second-order valence-corrected chi connectivity index (χ2v) is 7.77. The summed E-state index contributed by atoms with van der Waals surface area (Å²) in [4.78, 5) is 11.4. The van der Waals surface area contributed by atoms with Crippen LogP contribution in [-0.4, -0.2) is 52.2 Å². The van der Waals surface area contributed by atoms with Crippen molar-refractivity contribution in [1.29, 1.82) is 5.26 Å². The van der Waals surface area contributed by atoms with Gasteiger partial charge in [0.25, 0.3) is 0 Å². The maximum Gasteiger partial charge on any atom is 0.137 e. The Labute approximate surface area is 160 Å². The van der Waals surface area contributed by atoms with Crippen molar-refractivity contribution in [2.45, 2.75) is 63.8 Å². The van der Waals surface area contributed by atoms with Crippen molar-refractivity contribution in [1.82, 2.24) is 14.9 Å². The van der Waals surface area contributed by atoms with Crippen LogP contribution in [0.4, 0.5) is 5.82 Å². The minimum atomic E-state index is 0.316. The molecule has 2 aromatic rings. The van der Waals surface area contributed by atoms with Crippen LogP contribution >= 0.6 is 0 Å². The highest BCUT2D eigenvalue weighted by molar-refractivity contribution is 5.89. The monoisotopic (exact) mass is 365 g/mol. The molecular formula is C21H27N5O. The Kier molecular flexibility index (Phi) is 5.24. The van der Waals surface area contributed by atoms with Crippen LogP contribution < -0.4 is 5.32 Å². The fourth-order valence-electron chi connectivity index (χ4n) is 4.46. The first-order valence-corrected chi connectivity index (χ1v) is 9.94. The predicted molar refractivity (Wildman–Crippen MR) is 106 cm³/mol. The van der Waals surface area contributed by atoms with Gasteiger partial charge < -0.3 is 10.1 Å². The minimum Gasteiger partial charge on any atom is -0.376 e. The highest BCUT2D eigenvalue weighted by Gasteiger charge is 2.33. The standard InChI is InChI=1S/C21H27N5O/c1-14-15(2)27-10-9-26(14)18-6-4-17(5-7-18)25-21-19-11-16(12-22)3-8-20(19)23-13-24-21/h3,8,11,13-15,17-18H,4-7,9-10H2,1-2H3,(H,23,24,25)/t14?,15?,17-,18-. The molecule has 1 aromatic carbocycles. The average Bonchev–Trinajstić information content (AvgIpc) is 2.71. The SMILES string of the molecule is CC1OCCN([C@H]2CC[C@H](Nc3ncnc4ccc(C#N)cc34)CC2)C1C. The van der Waals surface area contributed by atoms with Crippen LogP contribution in [0.1, 0.15) is 45.1 Å². The van der Waals surface area contributed by atoms with E-state index in [2.05, 4.69) is 40.1 Å². The first kappa shape index (κ1) is 18.1. The van der Waals surface area contributed by atoms with Crippen LogP contribution in [0.15, 0.2) is 24.5 Å². The fourth-order valence-corrected chi connectivity index (χ4v) is 4.46. The molecule has 2 atom stereocenters. The molecule has 2 heterocycles. The molecule has 2 aliphatic rings. The van der Waals surface area contributed by atoms with Gasteiger partial charge in [-0.05, 0) is 57.7 Å². The number of benzene rings is 1. The summed E-state index contributed by atoms with van der Waals surface area (Å²) >= 11 is 0. The molecule has 2 fully saturated rings. The third-order valence-electron chi connectivity index (χ3n) is 6.20. The number of fused-ring (bicyclic) bond motifs is 1. The number of anilines is 1. The van der Waals surface area contributed by atoms with Crippen molar-refractivity contribution < 1.29 is 4.74 Å². The summed E-state index contributed by atoms with van der Waals surface area (Å²) in [5.74, 6) is 0.842. The van der Waals surface area contributed by atoms with Gasteiger partial charge in [-0.2, -0.15) is 5.26 Å². The minimum absolute atomic E-state index is 0.316. The number of ether oxygens (including phenoxy) is 1. The van der Waals surface area contributed by atoms with E-state index in [9.17, 15) is 5.26 Å². The largest absolute Gasteiger partial charge is 0.376 e. The van der Waals surface area contributed by atoms with Crippen LogP contribution in [-0.2, 0) is 4.74 Å². The van der Waals surface area contributed by atoms with Gasteiger partial charge in [0.2, 0.25) is 0 Å². The highest BCUT2D eigenvalue weighted by Crippen LogP contribution is 2.30. The van der Waals surface area contributed by atoms with Gasteiger partial charge in [0.15, 0.2) is 0 Å². The summed E-state index contributed by atoms with van der Waals surface area (Å²) in [6.07, 6.45) is 6.57. The third-order valence-corrected chi connectivity index (χ3v) is 6.20. The Balaban J connectivity index is 1.42. The van der Waals surface area contributed by atoms with Gasteiger partial charge in [0.05, 0.1) is 29.9 Å². The van der Waals surface area contributed by atoms with Crippen molar-refractivity contribution in [2.24, 2.45) is 0 Å². The molecule has 27 heavy (non-hydrogen) atoms. The van der Waals surface area contributed by atoms with Gasteiger partial charge in [-0.15, -0.1) is 0 Å². The lowest BCUT2D eigenvalue weighted by Gasteiger charge is -2.45. The van der Waals surface area contributed by atoms with Gasteiger partial charge in [0, 0.05) is 30.1 Å². The van der Waals surface area contributed by atoms with Crippen molar-refractivity contribution in [3.8, 4) is 6.07 Å². The summed E-state index contributed by atoms with van der Waals surface area (Å²) in [7, 11) is 0. The Bertz CT molecular complexity index is 840. The normalized spacial score (nSPS) is 29.4. The zero-order valence-corrected chi connectivity index (χ0v) is 16.1. The lowest BCUT2D eigenvalue weighted by molar-refractivity contribution is -0.0766. The molecule has 1 aromatic heterocycles. The van der Waals surface area contributed by atoms with Crippen molar-refractivity contribution in [2.75, 3.05) is 18.5 Å². The maximum absolute atomic E-state index is 9.18. The molecule has 6 heteroatoms. The Morgan fingerprint density at radius 1 is 1.19 bits per heavy atom. The molecule has 2 unspecified atom stereocenters. The molecule has 6 nitrogen and oxygen atoms in total. The second-order valence-electron chi connectivity index (χ2n) is 7.77. The number of nitrogens with one attached hydrogen (secondary N) is 1. The number of rotatable bonds is 3. The van der Waals surface area contributed by atoms with E-state index in [1.54, 1.807) is 12.4 Å². The number of nitriles is 1. The molecular weight excluding hydrogens is 338 g/mol. The molecule has 1 N–H and O–H groups in total.